The van der Waals surface area contributed by atoms with E-state index >= 15 is 0 Å². The molecular weight excluding hydrogens is 618 g/mol. The molecule has 2 amide bonds. The lowest BCUT2D eigenvalue weighted by molar-refractivity contribution is -0.143. The minimum atomic E-state index is -0.947. The van der Waals surface area contributed by atoms with Crippen LogP contribution in [-0.4, -0.2) is 46.2 Å². The Labute approximate surface area is 286 Å². The number of ketones is 1. The molecule has 1 aromatic heterocycles. The molecule has 5 atom stereocenters. The summed E-state index contributed by atoms with van der Waals surface area (Å²) >= 11 is 0. The molecule has 1 N–H and O–H groups in total. The number of benzene rings is 3. The zero-order valence-electron chi connectivity index (χ0n) is 27.9. The third-order valence-corrected chi connectivity index (χ3v) is 10.2. The van der Waals surface area contributed by atoms with Crippen LogP contribution < -0.4 is 15.1 Å². The molecule has 1 aliphatic carbocycles. The molecular formula is C40H43N3O6. The van der Waals surface area contributed by atoms with Gasteiger partial charge in [-0.1, -0.05) is 85.2 Å². The van der Waals surface area contributed by atoms with Crippen molar-refractivity contribution >= 4 is 28.7 Å². The van der Waals surface area contributed by atoms with Crippen molar-refractivity contribution in [3.05, 3.63) is 102 Å². The number of aromatic nitrogens is 1. The van der Waals surface area contributed by atoms with Gasteiger partial charge < -0.3 is 18.9 Å². The fraction of sp³-hybridized carbons (Fsp3) is 0.400. The quantitative estimate of drug-likeness (QED) is 0.169. The predicted molar refractivity (Wildman–Crippen MR) is 185 cm³/mol. The lowest BCUT2D eigenvalue weighted by Gasteiger charge is -2.29. The number of fused-ring (bicyclic) bond motifs is 3. The summed E-state index contributed by atoms with van der Waals surface area (Å²) in [6, 6.07) is 24.0. The number of hydrogen-bond donors (Lipinski definition) is 1. The van der Waals surface area contributed by atoms with Gasteiger partial charge in [-0.05, 0) is 74.8 Å². The van der Waals surface area contributed by atoms with Gasteiger partial charge in [0.15, 0.2) is 17.1 Å². The monoisotopic (exact) mass is 661 g/mol. The maximum atomic E-state index is 14.6. The molecule has 9 nitrogen and oxygen atoms in total. The summed E-state index contributed by atoms with van der Waals surface area (Å²) < 4.78 is 12.1. The molecule has 1 saturated heterocycles. The van der Waals surface area contributed by atoms with E-state index in [1.54, 1.807) is 17.0 Å². The highest BCUT2D eigenvalue weighted by Gasteiger charge is 2.61. The van der Waals surface area contributed by atoms with E-state index in [0.717, 1.165) is 43.2 Å². The number of rotatable bonds is 7. The van der Waals surface area contributed by atoms with Gasteiger partial charge in [0, 0.05) is 18.8 Å². The Bertz CT molecular complexity index is 1800. The van der Waals surface area contributed by atoms with Crippen molar-refractivity contribution in [3.8, 4) is 11.8 Å². The average molecular weight is 662 g/mol. The molecule has 3 aliphatic rings. The van der Waals surface area contributed by atoms with Gasteiger partial charge in [-0.2, -0.15) is 10.5 Å². The van der Waals surface area contributed by atoms with Crippen molar-refractivity contribution in [1.29, 1.82) is 0 Å². The van der Waals surface area contributed by atoms with Gasteiger partial charge in [0.05, 0.1) is 18.0 Å². The third-order valence-electron chi connectivity index (χ3n) is 10.2. The van der Waals surface area contributed by atoms with Crippen LogP contribution in [0.5, 0.6) is 11.8 Å². The number of carbonyl (C=O) groups is 3. The summed E-state index contributed by atoms with van der Waals surface area (Å²) in [5.74, 6) is -0.383. The number of carbonyl (C=O) groups excluding carboxylic acids is 3. The number of aryl methyl sites for hydroxylation is 1. The summed E-state index contributed by atoms with van der Waals surface area (Å²) in [7, 11) is 0. The number of para-hydroxylation sites is 3. The van der Waals surface area contributed by atoms with Gasteiger partial charge in [-0.15, -0.1) is 0 Å². The van der Waals surface area contributed by atoms with E-state index in [1.165, 1.54) is 0 Å². The van der Waals surface area contributed by atoms with Gasteiger partial charge in [0.1, 0.15) is 11.6 Å². The molecule has 0 unspecified atom stereocenters. The number of allylic oxidation sites excluding steroid dienone is 2. The molecule has 0 radical (unpaired) electrons. The number of amides is 2. The first-order valence-electron chi connectivity index (χ1n) is 17.5. The van der Waals surface area contributed by atoms with Crippen molar-refractivity contribution in [2.45, 2.75) is 76.9 Å². The Morgan fingerprint density at radius 1 is 1.02 bits per heavy atom. The van der Waals surface area contributed by atoms with E-state index in [-0.39, 0.29) is 48.5 Å². The van der Waals surface area contributed by atoms with Crippen molar-refractivity contribution in [2.24, 2.45) is 17.3 Å². The van der Waals surface area contributed by atoms with E-state index in [0.29, 0.717) is 36.1 Å². The largest absolute Gasteiger partial charge is 0.445 e. The van der Waals surface area contributed by atoms with Crippen LogP contribution in [0.15, 0.2) is 95.4 Å². The molecule has 7 rings (SSSR count). The smallest absolute Gasteiger partial charge is 0.394 e. The van der Waals surface area contributed by atoms with Crippen molar-refractivity contribution < 1.29 is 28.4 Å². The number of ether oxygens (including phenoxy) is 1. The zero-order chi connectivity index (χ0) is 33.8. The molecule has 9 heteroatoms. The van der Waals surface area contributed by atoms with E-state index in [4.69, 9.17) is 14.0 Å². The Morgan fingerprint density at radius 2 is 1.86 bits per heavy atom. The second-order valence-electron chi connectivity index (χ2n) is 13.8. The fourth-order valence-corrected chi connectivity index (χ4v) is 7.49. The summed E-state index contributed by atoms with van der Waals surface area (Å²) in [5.41, 5.74) is 5.21. The maximum Gasteiger partial charge on any atom is 0.394 e. The molecule has 1 saturated carbocycles. The second kappa shape index (κ2) is 14.3. The van der Waals surface area contributed by atoms with Crippen LogP contribution in [0.1, 0.15) is 62.5 Å². The summed E-state index contributed by atoms with van der Waals surface area (Å²) in [6.07, 6.45) is 9.81. The first-order valence-corrected chi connectivity index (χ1v) is 17.5. The highest BCUT2D eigenvalue weighted by atomic mass is 16.7. The molecule has 0 bridgehead atoms. The Balaban J connectivity index is 1.16. The zero-order valence-corrected chi connectivity index (χ0v) is 27.9. The standard InChI is InChI=1S/C40H43N3O6/c1-27-13-12-14-28(21-27)22-29-15-6-3-2-4-7-16-30-24-40(30,38(46)42-49-31-17-8-5-9-18-31)25-35(44)34-23-32(26-43(34)37(29)45)47-39-41-33-19-10-11-20-36(33)48-39/h5,7-14,16-21,29-30,32,34H,2-4,6,15,22-26H2,1H3,(H,42,46)/b16-7-/t29-,30-,32-,34+,40-/m1/s1. The van der Waals surface area contributed by atoms with Gasteiger partial charge >= 0.3 is 6.08 Å². The summed E-state index contributed by atoms with van der Waals surface area (Å²) in [5, 5.41) is 0. The van der Waals surface area contributed by atoms with E-state index < -0.39 is 17.6 Å². The van der Waals surface area contributed by atoms with Crippen molar-refractivity contribution in [2.75, 3.05) is 6.54 Å². The van der Waals surface area contributed by atoms with Crippen LogP contribution in [0, 0.1) is 24.2 Å². The Kier molecular flexibility index (Phi) is 9.51. The van der Waals surface area contributed by atoms with Crippen molar-refractivity contribution in [3.63, 3.8) is 0 Å². The Morgan fingerprint density at radius 3 is 2.69 bits per heavy atom. The van der Waals surface area contributed by atoms with Gasteiger partial charge in [0.2, 0.25) is 5.91 Å². The van der Waals surface area contributed by atoms with E-state index in [2.05, 4.69) is 47.7 Å². The van der Waals surface area contributed by atoms with Crippen LogP contribution in [0.2, 0.25) is 0 Å². The summed E-state index contributed by atoms with van der Waals surface area (Å²) in [6.45, 7) is 2.29. The molecule has 0 spiro atoms. The highest BCUT2D eigenvalue weighted by molar-refractivity contribution is 5.96. The first-order chi connectivity index (χ1) is 23.9. The minimum absolute atomic E-state index is 0.00140. The number of oxazole rings is 1. The molecule has 3 heterocycles. The lowest BCUT2D eigenvalue weighted by atomic mass is 9.89. The molecule has 254 valence electrons. The molecule has 2 fully saturated rings. The topological polar surface area (TPSA) is 111 Å². The van der Waals surface area contributed by atoms with Crippen LogP contribution >= 0.6 is 0 Å². The Hall–Kier alpha value is -4.92. The maximum absolute atomic E-state index is 14.6. The van der Waals surface area contributed by atoms with Crippen molar-refractivity contribution in [1.82, 2.24) is 15.4 Å². The van der Waals surface area contributed by atoms with Gasteiger partial charge in [-0.3, -0.25) is 14.4 Å². The molecule has 2 aliphatic heterocycles. The van der Waals surface area contributed by atoms with Crippen LogP contribution in [0.25, 0.3) is 11.1 Å². The second-order valence-corrected chi connectivity index (χ2v) is 13.8. The molecule has 4 aromatic rings. The number of nitrogens with zero attached hydrogens (tertiary/aromatic N) is 2. The normalized spacial score (nSPS) is 26.6. The minimum Gasteiger partial charge on any atom is -0.445 e. The van der Waals surface area contributed by atoms with Gasteiger partial charge in [-0.25, -0.2) is 0 Å². The van der Waals surface area contributed by atoms with Crippen LogP contribution in [0.3, 0.4) is 0 Å². The summed E-state index contributed by atoms with van der Waals surface area (Å²) in [4.78, 5) is 54.6. The van der Waals surface area contributed by atoms with Gasteiger partial charge in [0.25, 0.3) is 5.91 Å². The van der Waals surface area contributed by atoms with E-state index in [9.17, 15) is 14.4 Å². The predicted octanol–water partition coefficient (Wildman–Crippen LogP) is 6.94. The number of hydrogen-bond acceptors (Lipinski definition) is 7. The third kappa shape index (κ3) is 7.41. The molecule has 49 heavy (non-hydrogen) atoms. The first kappa shape index (κ1) is 32.6. The lowest BCUT2D eigenvalue weighted by Crippen LogP contribution is -2.46. The fourth-order valence-electron chi connectivity index (χ4n) is 7.49. The number of hydroxylamine groups is 1. The average Bonchev–Trinajstić information content (AvgIpc) is 3.41. The van der Waals surface area contributed by atoms with Crippen LogP contribution in [0.4, 0.5) is 0 Å². The highest BCUT2D eigenvalue weighted by Crippen LogP contribution is 2.57. The van der Waals surface area contributed by atoms with Crippen LogP contribution in [-0.2, 0) is 20.8 Å². The van der Waals surface area contributed by atoms with E-state index in [1.807, 2.05) is 48.5 Å². The molecule has 3 aromatic carbocycles. The SMILES string of the molecule is Cc1cccc(C[C@H]2CCCCC/C=C\[C@@H]3C[C@@]3(C(=O)NOc3ccccc3)CC(=O)[C@@H]3C[C@@H](Oc4nc5ccccc5o4)CN3C2=O)c1. The number of Topliss-reactive ketones (excluding diaryl/α,β-unsaturated/α-hetero) is 1. The number of nitrogens with one attached hydrogen (secondary N) is 1.